The molecule has 2 aromatic carbocycles. The van der Waals surface area contributed by atoms with Gasteiger partial charge >= 0.3 is 0 Å². The van der Waals surface area contributed by atoms with Crippen molar-refractivity contribution in [3.63, 3.8) is 0 Å². The molecule has 0 unspecified atom stereocenters. The van der Waals surface area contributed by atoms with Gasteiger partial charge in [-0.2, -0.15) is 0 Å². The summed E-state index contributed by atoms with van der Waals surface area (Å²) in [6.45, 7) is 0.964. The molecular weight excluding hydrogens is 364 g/mol. The Hall–Kier alpha value is -3.82. The van der Waals surface area contributed by atoms with Crippen molar-refractivity contribution >= 4 is 28.2 Å². The summed E-state index contributed by atoms with van der Waals surface area (Å²) in [5.41, 5.74) is 0.979. The van der Waals surface area contributed by atoms with Gasteiger partial charge < -0.3 is 10.6 Å². The highest BCUT2D eigenvalue weighted by Crippen LogP contribution is 2.14. The highest BCUT2D eigenvalue weighted by Gasteiger charge is 2.08. The molecule has 0 fully saturated rings. The number of benzene rings is 2. The Labute approximate surface area is 159 Å². The summed E-state index contributed by atoms with van der Waals surface area (Å²) in [6, 6.07) is 12.9. The molecule has 0 aliphatic heterocycles. The molecule has 0 saturated heterocycles. The number of anilines is 1. The maximum Gasteiger partial charge on any atom is 0.277 e. The average molecular weight is 382 g/mol. The van der Waals surface area contributed by atoms with Gasteiger partial charge in [-0.3, -0.25) is 19.7 Å². The minimum Gasteiger partial charge on any atom is -0.383 e. The summed E-state index contributed by atoms with van der Waals surface area (Å²) in [5.74, 6) is -0.215. The summed E-state index contributed by atoms with van der Waals surface area (Å²) in [6.07, 6.45) is 0.102. The Morgan fingerprint density at radius 3 is 2.61 bits per heavy atom. The van der Waals surface area contributed by atoms with Gasteiger partial charge in [0.05, 0.1) is 16.9 Å². The minimum atomic E-state index is -0.463. The molecule has 1 amide bonds. The summed E-state index contributed by atoms with van der Waals surface area (Å²) in [5, 5.41) is 24.7. The second-order valence-electron chi connectivity index (χ2n) is 5.97. The summed E-state index contributed by atoms with van der Waals surface area (Å²) in [7, 11) is 0. The second kappa shape index (κ2) is 8.71. The SMILES string of the molecule is O=C(CCn1nnc2ccccc2c1=O)NCCNc1ccc([N+](=O)[O-])cc1. The van der Waals surface area contributed by atoms with Crippen molar-refractivity contribution in [1.82, 2.24) is 20.3 Å². The van der Waals surface area contributed by atoms with E-state index in [0.29, 0.717) is 24.0 Å². The Balaban J connectivity index is 1.43. The molecule has 28 heavy (non-hydrogen) atoms. The highest BCUT2D eigenvalue weighted by molar-refractivity contribution is 5.77. The lowest BCUT2D eigenvalue weighted by Crippen LogP contribution is -2.31. The van der Waals surface area contributed by atoms with Crippen LogP contribution in [0, 0.1) is 10.1 Å². The van der Waals surface area contributed by atoms with E-state index < -0.39 is 4.92 Å². The van der Waals surface area contributed by atoms with E-state index in [1.165, 1.54) is 16.8 Å². The first-order valence-corrected chi connectivity index (χ1v) is 8.62. The zero-order chi connectivity index (χ0) is 19.9. The van der Waals surface area contributed by atoms with E-state index in [1.807, 2.05) is 0 Å². The molecule has 0 bridgehead atoms. The van der Waals surface area contributed by atoms with Gasteiger partial charge in [-0.1, -0.05) is 17.3 Å². The van der Waals surface area contributed by atoms with Crippen LogP contribution in [0.25, 0.3) is 10.9 Å². The molecule has 10 heteroatoms. The van der Waals surface area contributed by atoms with E-state index in [9.17, 15) is 19.7 Å². The monoisotopic (exact) mass is 382 g/mol. The highest BCUT2D eigenvalue weighted by atomic mass is 16.6. The molecule has 0 aliphatic carbocycles. The predicted octanol–water partition coefficient (Wildman–Crippen LogP) is 1.32. The van der Waals surface area contributed by atoms with Crippen molar-refractivity contribution < 1.29 is 9.72 Å². The number of hydrogen-bond donors (Lipinski definition) is 2. The van der Waals surface area contributed by atoms with Crippen LogP contribution in [0.2, 0.25) is 0 Å². The van der Waals surface area contributed by atoms with Crippen LogP contribution in [-0.2, 0) is 11.3 Å². The molecule has 0 aliphatic rings. The van der Waals surface area contributed by atoms with Crippen molar-refractivity contribution in [1.29, 1.82) is 0 Å². The molecular formula is C18H18N6O4. The molecule has 10 nitrogen and oxygen atoms in total. The third-order valence-corrected chi connectivity index (χ3v) is 4.03. The van der Waals surface area contributed by atoms with Crippen molar-refractivity contribution in [2.24, 2.45) is 0 Å². The summed E-state index contributed by atoms with van der Waals surface area (Å²) in [4.78, 5) is 34.4. The maximum atomic E-state index is 12.3. The van der Waals surface area contributed by atoms with Gasteiger partial charge in [-0.25, -0.2) is 4.68 Å². The number of nitro groups is 1. The van der Waals surface area contributed by atoms with Crippen molar-refractivity contribution in [3.8, 4) is 0 Å². The number of aryl methyl sites for hydroxylation is 1. The normalized spacial score (nSPS) is 10.6. The number of nitro benzene ring substituents is 1. The molecule has 2 N–H and O–H groups in total. The first kappa shape index (κ1) is 19.0. The Bertz CT molecular complexity index is 1050. The quantitative estimate of drug-likeness (QED) is 0.341. The number of aromatic nitrogens is 3. The van der Waals surface area contributed by atoms with E-state index in [1.54, 1.807) is 36.4 Å². The Kier molecular flexibility index (Phi) is 5.90. The standard InChI is InChI=1S/C18H18N6O4/c25-17(20-11-10-19-13-5-7-14(8-6-13)24(27)28)9-12-23-18(26)15-3-1-2-4-16(15)21-22-23/h1-8,19H,9-12H2,(H,20,25). The van der Waals surface area contributed by atoms with Gasteiger partial charge in [0, 0.05) is 37.3 Å². The number of amides is 1. The lowest BCUT2D eigenvalue weighted by Gasteiger charge is -2.08. The Morgan fingerprint density at radius 1 is 1.11 bits per heavy atom. The van der Waals surface area contributed by atoms with E-state index >= 15 is 0 Å². The van der Waals surface area contributed by atoms with Crippen LogP contribution >= 0.6 is 0 Å². The van der Waals surface area contributed by atoms with E-state index in [4.69, 9.17) is 0 Å². The molecule has 3 aromatic rings. The van der Waals surface area contributed by atoms with Crippen LogP contribution in [0.1, 0.15) is 6.42 Å². The topological polar surface area (TPSA) is 132 Å². The zero-order valence-electron chi connectivity index (χ0n) is 14.9. The maximum absolute atomic E-state index is 12.3. The molecule has 3 rings (SSSR count). The van der Waals surface area contributed by atoms with Crippen LogP contribution in [0.3, 0.4) is 0 Å². The van der Waals surface area contributed by atoms with Crippen LogP contribution in [0.5, 0.6) is 0 Å². The summed E-state index contributed by atoms with van der Waals surface area (Å²) >= 11 is 0. The largest absolute Gasteiger partial charge is 0.383 e. The van der Waals surface area contributed by atoms with E-state index in [2.05, 4.69) is 20.9 Å². The fourth-order valence-corrected chi connectivity index (χ4v) is 2.58. The zero-order valence-corrected chi connectivity index (χ0v) is 14.9. The summed E-state index contributed by atoms with van der Waals surface area (Å²) < 4.78 is 1.18. The van der Waals surface area contributed by atoms with Gasteiger partial charge in [0.1, 0.15) is 5.52 Å². The fourth-order valence-electron chi connectivity index (χ4n) is 2.58. The predicted molar refractivity (Wildman–Crippen MR) is 103 cm³/mol. The lowest BCUT2D eigenvalue weighted by molar-refractivity contribution is -0.384. The number of non-ortho nitro benzene ring substituents is 1. The molecule has 1 heterocycles. The number of nitrogens with one attached hydrogen (secondary N) is 2. The van der Waals surface area contributed by atoms with Crippen LogP contribution in [0.15, 0.2) is 53.3 Å². The van der Waals surface area contributed by atoms with Gasteiger partial charge in [0.15, 0.2) is 0 Å². The van der Waals surface area contributed by atoms with Gasteiger partial charge in [-0.15, -0.1) is 5.10 Å². The molecule has 0 radical (unpaired) electrons. The molecule has 144 valence electrons. The number of carbonyl (C=O) groups excluding carboxylic acids is 1. The van der Waals surface area contributed by atoms with E-state index in [-0.39, 0.29) is 30.1 Å². The average Bonchev–Trinajstić information content (AvgIpc) is 2.71. The third kappa shape index (κ3) is 4.67. The Morgan fingerprint density at radius 2 is 1.86 bits per heavy atom. The number of hydrogen-bond acceptors (Lipinski definition) is 7. The lowest BCUT2D eigenvalue weighted by atomic mass is 10.2. The first-order chi connectivity index (χ1) is 13.5. The van der Waals surface area contributed by atoms with Crippen molar-refractivity contribution in [2.45, 2.75) is 13.0 Å². The van der Waals surface area contributed by atoms with Crippen molar-refractivity contribution in [3.05, 3.63) is 69.0 Å². The first-order valence-electron chi connectivity index (χ1n) is 8.62. The van der Waals surface area contributed by atoms with E-state index in [0.717, 1.165) is 5.69 Å². The fraction of sp³-hybridized carbons (Fsp3) is 0.222. The van der Waals surface area contributed by atoms with Gasteiger partial charge in [0.25, 0.3) is 11.2 Å². The second-order valence-corrected chi connectivity index (χ2v) is 5.97. The molecule has 0 spiro atoms. The molecule has 1 aromatic heterocycles. The van der Waals surface area contributed by atoms with Crippen LogP contribution in [-0.4, -0.2) is 38.9 Å². The van der Waals surface area contributed by atoms with Gasteiger partial charge in [0.2, 0.25) is 5.91 Å². The number of rotatable bonds is 8. The minimum absolute atomic E-state index is 0.0193. The number of fused-ring (bicyclic) bond motifs is 1. The van der Waals surface area contributed by atoms with Crippen LogP contribution in [0.4, 0.5) is 11.4 Å². The van der Waals surface area contributed by atoms with Crippen molar-refractivity contribution in [2.75, 3.05) is 18.4 Å². The van der Waals surface area contributed by atoms with Crippen LogP contribution < -0.4 is 16.2 Å². The third-order valence-electron chi connectivity index (χ3n) is 4.03. The molecule has 0 saturated carbocycles. The number of carbonyl (C=O) groups is 1. The van der Waals surface area contributed by atoms with Gasteiger partial charge in [-0.05, 0) is 24.3 Å². The smallest absolute Gasteiger partial charge is 0.277 e. The number of nitrogens with zero attached hydrogens (tertiary/aromatic N) is 4. The molecule has 0 atom stereocenters.